The largest absolute Gasteiger partial charge is 0.352 e. The molecule has 0 bridgehead atoms. The van der Waals surface area contributed by atoms with E-state index in [0.29, 0.717) is 17.8 Å². The van der Waals surface area contributed by atoms with Crippen LogP contribution < -0.4 is 20.9 Å². The molecule has 0 aliphatic carbocycles. The maximum Gasteiger partial charge on any atom is 0.279 e. The Bertz CT molecular complexity index is 867. The van der Waals surface area contributed by atoms with Crippen molar-refractivity contribution in [2.24, 2.45) is 0 Å². The minimum absolute atomic E-state index is 0.133. The molecule has 0 aliphatic rings. The van der Waals surface area contributed by atoms with Gasteiger partial charge in [-0.2, -0.15) is 0 Å². The van der Waals surface area contributed by atoms with Crippen LogP contribution in [0.4, 0.5) is 11.4 Å². The van der Waals surface area contributed by atoms with Gasteiger partial charge in [-0.1, -0.05) is 31.2 Å². The van der Waals surface area contributed by atoms with Crippen molar-refractivity contribution >= 4 is 29.1 Å². The Labute approximate surface area is 171 Å². The Morgan fingerprint density at radius 1 is 0.897 bits per heavy atom. The number of aryl methyl sites for hydroxylation is 1. The number of nitrogens with one attached hydrogen (secondary N) is 4. The van der Waals surface area contributed by atoms with Crippen LogP contribution in [0.5, 0.6) is 0 Å². The lowest BCUT2D eigenvalue weighted by Gasteiger charge is -2.15. The van der Waals surface area contributed by atoms with Gasteiger partial charge in [-0.3, -0.25) is 14.4 Å². The van der Waals surface area contributed by atoms with Gasteiger partial charge in [0.25, 0.3) is 17.7 Å². The summed E-state index contributed by atoms with van der Waals surface area (Å²) in [5, 5.41) is 8.42. The van der Waals surface area contributed by atoms with Gasteiger partial charge >= 0.3 is 0 Å². The molecule has 0 saturated carbocycles. The molecule has 0 fully saturated rings. The highest BCUT2D eigenvalue weighted by molar-refractivity contribution is 5.97. The standard InChI is InChI=1S/C22H28N4O3/c1-4-16-9-6-7-12-19(16)25-21(28)15-26(3)14-20(27)24-18-11-8-10-17(13-18)22(29)23-5-2/h6-13H,4-5,14-15H2,1-3H3,(H,23,29)(H,24,27)(H,25,28)/p+1. The highest BCUT2D eigenvalue weighted by Crippen LogP contribution is 2.14. The molecule has 7 nitrogen and oxygen atoms in total. The number of carbonyl (C=O) groups excluding carboxylic acids is 3. The van der Waals surface area contributed by atoms with Gasteiger partial charge in [0.2, 0.25) is 0 Å². The first-order chi connectivity index (χ1) is 13.9. The molecular formula is C22H29N4O3+. The highest BCUT2D eigenvalue weighted by Gasteiger charge is 2.16. The molecule has 0 spiro atoms. The number of benzene rings is 2. The lowest BCUT2D eigenvalue weighted by molar-refractivity contribution is -0.862. The van der Waals surface area contributed by atoms with Crippen LogP contribution in [0.1, 0.15) is 29.8 Å². The molecule has 0 aliphatic heterocycles. The van der Waals surface area contributed by atoms with E-state index in [4.69, 9.17) is 0 Å². The third-order valence-corrected chi connectivity index (χ3v) is 4.34. The second-order valence-electron chi connectivity index (χ2n) is 6.86. The summed E-state index contributed by atoms with van der Waals surface area (Å²) in [5.74, 6) is -0.554. The number of hydrogen-bond donors (Lipinski definition) is 4. The van der Waals surface area contributed by atoms with Crippen molar-refractivity contribution in [2.75, 3.05) is 37.3 Å². The summed E-state index contributed by atoms with van der Waals surface area (Å²) in [6, 6.07) is 14.4. The molecule has 1 atom stereocenters. The van der Waals surface area contributed by atoms with E-state index < -0.39 is 0 Å². The minimum Gasteiger partial charge on any atom is -0.352 e. The molecule has 0 radical (unpaired) electrons. The zero-order chi connectivity index (χ0) is 21.2. The van der Waals surface area contributed by atoms with Crippen molar-refractivity contribution in [3.8, 4) is 0 Å². The van der Waals surface area contributed by atoms with Crippen molar-refractivity contribution < 1.29 is 19.3 Å². The summed E-state index contributed by atoms with van der Waals surface area (Å²) in [4.78, 5) is 37.3. The Morgan fingerprint density at radius 2 is 1.59 bits per heavy atom. The predicted molar refractivity (Wildman–Crippen MR) is 114 cm³/mol. The summed E-state index contributed by atoms with van der Waals surface area (Å²) in [5.41, 5.74) is 2.91. The molecule has 1 unspecified atom stereocenters. The molecule has 2 aromatic carbocycles. The molecule has 0 saturated heterocycles. The Hall–Kier alpha value is -3.19. The third kappa shape index (κ3) is 7.04. The molecule has 0 aromatic heterocycles. The summed E-state index contributed by atoms with van der Waals surface area (Å²) in [6.45, 7) is 4.72. The van der Waals surface area contributed by atoms with Crippen LogP contribution in [0.25, 0.3) is 0 Å². The number of anilines is 2. The van der Waals surface area contributed by atoms with Gasteiger partial charge in [-0.15, -0.1) is 0 Å². The molecule has 0 heterocycles. The van der Waals surface area contributed by atoms with E-state index >= 15 is 0 Å². The third-order valence-electron chi connectivity index (χ3n) is 4.34. The van der Waals surface area contributed by atoms with Crippen LogP contribution >= 0.6 is 0 Å². The fourth-order valence-electron chi connectivity index (χ4n) is 2.96. The average Bonchev–Trinajstić information content (AvgIpc) is 2.68. The number of likely N-dealkylation sites (N-methyl/N-ethyl adjacent to an activating group) is 1. The van der Waals surface area contributed by atoms with Crippen molar-refractivity contribution in [2.45, 2.75) is 20.3 Å². The van der Waals surface area contributed by atoms with Gasteiger partial charge in [0.05, 0.1) is 7.05 Å². The van der Waals surface area contributed by atoms with Gasteiger partial charge in [-0.05, 0) is 43.2 Å². The van der Waals surface area contributed by atoms with Gasteiger partial charge < -0.3 is 20.9 Å². The van der Waals surface area contributed by atoms with Gasteiger partial charge in [0.15, 0.2) is 13.1 Å². The predicted octanol–water partition coefficient (Wildman–Crippen LogP) is 1.09. The van der Waals surface area contributed by atoms with Crippen LogP contribution in [-0.2, 0) is 16.0 Å². The van der Waals surface area contributed by atoms with Crippen molar-refractivity contribution in [3.63, 3.8) is 0 Å². The summed E-state index contributed by atoms with van der Waals surface area (Å²) >= 11 is 0. The molecule has 2 aromatic rings. The fourth-order valence-corrected chi connectivity index (χ4v) is 2.96. The van der Waals surface area contributed by atoms with Crippen LogP contribution in [0.3, 0.4) is 0 Å². The normalized spacial score (nSPS) is 11.4. The summed E-state index contributed by atoms with van der Waals surface area (Å²) < 4.78 is 0. The molecule has 4 N–H and O–H groups in total. The first kappa shape index (κ1) is 22.1. The van der Waals surface area contributed by atoms with Crippen molar-refractivity contribution in [1.29, 1.82) is 0 Å². The van der Waals surface area contributed by atoms with E-state index in [2.05, 4.69) is 16.0 Å². The van der Waals surface area contributed by atoms with E-state index in [-0.39, 0.29) is 30.8 Å². The van der Waals surface area contributed by atoms with Crippen LogP contribution in [0, 0.1) is 0 Å². The first-order valence-electron chi connectivity index (χ1n) is 9.80. The zero-order valence-electron chi connectivity index (χ0n) is 17.2. The zero-order valence-corrected chi connectivity index (χ0v) is 17.2. The number of quaternary nitrogens is 1. The van der Waals surface area contributed by atoms with Crippen molar-refractivity contribution in [1.82, 2.24) is 5.32 Å². The quantitative estimate of drug-likeness (QED) is 0.511. The average molecular weight is 397 g/mol. The monoisotopic (exact) mass is 397 g/mol. The van der Waals surface area contributed by atoms with Gasteiger partial charge in [0, 0.05) is 23.5 Å². The summed E-state index contributed by atoms with van der Waals surface area (Å²) in [6.07, 6.45) is 0.830. The van der Waals surface area contributed by atoms with Crippen molar-refractivity contribution in [3.05, 3.63) is 59.7 Å². The first-order valence-corrected chi connectivity index (χ1v) is 9.80. The maximum atomic E-state index is 12.3. The van der Waals surface area contributed by atoms with Gasteiger partial charge in [-0.25, -0.2) is 0 Å². The second-order valence-corrected chi connectivity index (χ2v) is 6.86. The Kier molecular flexibility index (Phi) is 8.36. The summed E-state index contributed by atoms with van der Waals surface area (Å²) in [7, 11) is 1.79. The van der Waals surface area contributed by atoms with E-state index in [9.17, 15) is 14.4 Å². The number of rotatable bonds is 9. The smallest absolute Gasteiger partial charge is 0.279 e. The van der Waals surface area contributed by atoms with E-state index in [1.54, 1.807) is 31.3 Å². The molecular weight excluding hydrogens is 368 g/mol. The fraction of sp³-hybridized carbons (Fsp3) is 0.318. The van der Waals surface area contributed by atoms with Crippen LogP contribution in [0.15, 0.2) is 48.5 Å². The minimum atomic E-state index is -0.225. The van der Waals surface area contributed by atoms with Crippen LogP contribution in [0.2, 0.25) is 0 Å². The Balaban J connectivity index is 1.86. The molecule has 154 valence electrons. The topological polar surface area (TPSA) is 91.7 Å². The number of carbonyl (C=O) groups is 3. The van der Waals surface area contributed by atoms with Gasteiger partial charge in [0.1, 0.15) is 0 Å². The highest BCUT2D eigenvalue weighted by atomic mass is 16.2. The number of amides is 3. The molecule has 7 heteroatoms. The number of hydrogen-bond acceptors (Lipinski definition) is 3. The maximum absolute atomic E-state index is 12.3. The van der Waals surface area contributed by atoms with E-state index in [1.807, 2.05) is 38.1 Å². The SMILES string of the molecule is CCNC(=O)c1cccc(NC(=O)C[NH+](C)CC(=O)Nc2ccccc2CC)c1. The Morgan fingerprint density at radius 3 is 2.28 bits per heavy atom. The van der Waals surface area contributed by atoms with E-state index in [0.717, 1.165) is 22.6 Å². The number of para-hydroxylation sites is 1. The lowest BCUT2D eigenvalue weighted by atomic mass is 10.1. The lowest BCUT2D eigenvalue weighted by Crippen LogP contribution is -3.11. The van der Waals surface area contributed by atoms with E-state index in [1.165, 1.54) is 0 Å². The molecule has 3 amide bonds. The second kappa shape index (κ2) is 11.0. The van der Waals surface area contributed by atoms with Crippen LogP contribution in [-0.4, -0.2) is 44.4 Å². The molecule has 2 rings (SSSR count). The molecule has 29 heavy (non-hydrogen) atoms.